The van der Waals surface area contributed by atoms with Crippen molar-refractivity contribution in [3.63, 3.8) is 0 Å². The molecule has 0 saturated carbocycles. The van der Waals surface area contributed by atoms with E-state index in [1.807, 2.05) is 6.92 Å². The Balaban J connectivity index is 3.07. The van der Waals surface area contributed by atoms with Crippen LogP contribution in [-0.4, -0.2) is 12.5 Å². The molecule has 0 aliphatic carbocycles. The summed E-state index contributed by atoms with van der Waals surface area (Å²) in [5.41, 5.74) is 0. The molecule has 0 rings (SSSR count). The SMILES string of the molecule is C=CC(=O)O[CH]NCC. The van der Waals surface area contributed by atoms with E-state index in [2.05, 4.69) is 16.6 Å². The average Bonchev–Trinajstić information content (AvgIpc) is 1.89. The van der Waals surface area contributed by atoms with Gasteiger partial charge in [0.15, 0.2) is 0 Å². The molecule has 0 spiro atoms. The third-order valence-corrected chi connectivity index (χ3v) is 0.629. The van der Waals surface area contributed by atoms with Crippen molar-refractivity contribution in [1.82, 2.24) is 5.32 Å². The van der Waals surface area contributed by atoms with E-state index in [4.69, 9.17) is 0 Å². The van der Waals surface area contributed by atoms with Gasteiger partial charge < -0.3 is 4.74 Å². The van der Waals surface area contributed by atoms with Crippen LogP contribution in [0.5, 0.6) is 0 Å². The zero-order chi connectivity index (χ0) is 7.11. The summed E-state index contributed by atoms with van der Waals surface area (Å²) in [6, 6.07) is 0. The summed E-state index contributed by atoms with van der Waals surface area (Å²) in [6.07, 6.45) is 1.10. The molecule has 3 heteroatoms. The van der Waals surface area contributed by atoms with Crippen LogP contribution < -0.4 is 5.32 Å². The van der Waals surface area contributed by atoms with Crippen LogP contribution in [0, 0.1) is 6.73 Å². The summed E-state index contributed by atoms with van der Waals surface area (Å²) >= 11 is 0. The lowest BCUT2D eigenvalue weighted by molar-refractivity contribution is -0.134. The molecule has 1 radical (unpaired) electrons. The maximum atomic E-state index is 10.3. The lowest BCUT2D eigenvalue weighted by atomic mass is 10.7. The van der Waals surface area contributed by atoms with Crippen molar-refractivity contribution in [2.24, 2.45) is 0 Å². The second kappa shape index (κ2) is 5.31. The molecule has 9 heavy (non-hydrogen) atoms. The van der Waals surface area contributed by atoms with Gasteiger partial charge in [-0.25, -0.2) is 4.79 Å². The fourth-order valence-electron chi connectivity index (χ4n) is 0.231. The minimum atomic E-state index is -0.448. The molecular weight excluding hydrogens is 118 g/mol. The molecule has 1 N–H and O–H groups in total. The van der Waals surface area contributed by atoms with Crippen LogP contribution in [-0.2, 0) is 9.53 Å². The van der Waals surface area contributed by atoms with Gasteiger partial charge in [-0.2, -0.15) is 0 Å². The predicted octanol–water partition coefficient (Wildman–Crippen LogP) is 0.444. The van der Waals surface area contributed by atoms with Gasteiger partial charge in [0.1, 0.15) is 0 Å². The van der Waals surface area contributed by atoms with Gasteiger partial charge in [-0.05, 0) is 6.54 Å². The monoisotopic (exact) mass is 128 g/mol. The molecule has 3 nitrogen and oxygen atoms in total. The summed E-state index contributed by atoms with van der Waals surface area (Å²) in [5, 5.41) is 2.70. The van der Waals surface area contributed by atoms with Gasteiger partial charge in [0, 0.05) is 6.08 Å². The molecule has 51 valence electrons. The first-order chi connectivity index (χ1) is 4.31. The van der Waals surface area contributed by atoms with Crippen molar-refractivity contribution in [1.29, 1.82) is 0 Å². The quantitative estimate of drug-likeness (QED) is 0.339. The van der Waals surface area contributed by atoms with Gasteiger partial charge in [-0.3, -0.25) is 5.32 Å². The minimum Gasteiger partial charge on any atom is -0.438 e. The standard InChI is InChI=1S/C6H10NO2/c1-3-6(8)9-5-7-4-2/h3,5,7H,1,4H2,2H3. The third kappa shape index (κ3) is 5.03. The number of ether oxygens (including phenoxy) is 1. The van der Waals surface area contributed by atoms with E-state index in [-0.39, 0.29) is 0 Å². The van der Waals surface area contributed by atoms with Crippen molar-refractivity contribution < 1.29 is 9.53 Å². The Kier molecular flexibility index (Phi) is 4.82. The summed E-state index contributed by atoms with van der Waals surface area (Å²) in [5.74, 6) is -0.448. The lowest BCUT2D eigenvalue weighted by Crippen LogP contribution is -2.13. The van der Waals surface area contributed by atoms with Gasteiger partial charge in [-0.1, -0.05) is 13.5 Å². The van der Waals surface area contributed by atoms with E-state index < -0.39 is 5.97 Å². The van der Waals surface area contributed by atoms with Crippen molar-refractivity contribution in [3.05, 3.63) is 19.4 Å². The Morgan fingerprint density at radius 2 is 2.56 bits per heavy atom. The molecule has 0 unspecified atom stereocenters. The Morgan fingerprint density at radius 1 is 1.89 bits per heavy atom. The zero-order valence-electron chi connectivity index (χ0n) is 5.39. The number of esters is 1. The van der Waals surface area contributed by atoms with Crippen LogP contribution in [0.25, 0.3) is 0 Å². The van der Waals surface area contributed by atoms with Crippen LogP contribution in [0.1, 0.15) is 6.92 Å². The Bertz CT molecular complexity index is 101. The molecule has 0 bridgehead atoms. The molecular formula is C6H10NO2. The first-order valence-electron chi connectivity index (χ1n) is 2.69. The van der Waals surface area contributed by atoms with Crippen LogP contribution >= 0.6 is 0 Å². The molecule has 0 atom stereocenters. The minimum absolute atomic E-state index is 0.448. The first kappa shape index (κ1) is 8.17. The summed E-state index contributed by atoms with van der Waals surface area (Å²) < 4.78 is 4.44. The lowest BCUT2D eigenvalue weighted by Gasteiger charge is -1.97. The molecule has 0 saturated heterocycles. The second-order valence-electron chi connectivity index (χ2n) is 1.32. The largest absolute Gasteiger partial charge is 0.438 e. The zero-order valence-corrected chi connectivity index (χ0v) is 5.39. The van der Waals surface area contributed by atoms with E-state index in [0.717, 1.165) is 12.6 Å². The van der Waals surface area contributed by atoms with Gasteiger partial charge in [0.2, 0.25) is 6.73 Å². The smallest absolute Gasteiger partial charge is 0.331 e. The molecule has 0 aliphatic heterocycles. The molecule has 0 aromatic rings. The van der Waals surface area contributed by atoms with Gasteiger partial charge in [0.05, 0.1) is 0 Å². The fourth-order valence-corrected chi connectivity index (χ4v) is 0.231. The highest BCUT2D eigenvalue weighted by molar-refractivity contribution is 5.81. The van der Waals surface area contributed by atoms with Crippen LogP contribution in [0.3, 0.4) is 0 Å². The summed E-state index contributed by atoms with van der Waals surface area (Å²) in [4.78, 5) is 10.3. The second-order valence-corrected chi connectivity index (χ2v) is 1.32. The van der Waals surface area contributed by atoms with E-state index in [0.29, 0.717) is 0 Å². The number of carbonyl (C=O) groups is 1. The molecule has 0 aromatic carbocycles. The number of hydrogen-bond donors (Lipinski definition) is 1. The predicted molar refractivity (Wildman–Crippen MR) is 34.3 cm³/mol. The van der Waals surface area contributed by atoms with E-state index in [1.54, 1.807) is 0 Å². The highest BCUT2D eigenvalue weighted by Crippen LogP contribution is 1.78. The molecule has 0 aliphatic rings. The number of carbonyl (C=O) groups excluding carboxylic acids is 1. The third-order valence-electron chi connectivity index (χ3n) is 0.629. The van der Waals surface area contributed by atoms with Crippen molar-refractivity contribution >= 4 is 5.97 Å². The number of rotatable bonds is 4. The molecule has 0 amide bonds. The van der Waals surface area contributed by atoms with Crippen molar-refractivity contribution in [2.75, 3.05) is 6.54 Å². The highest BCUT2D eigenvalue weighted by atomic mass is 16.5. The number of nitrogens with one attached hydrogen (secondary N) is 1. The van der Waals surface area contributed by atoms with Crippen LogP contribution in [0.4, 0.5) is 0 Å². The fraction of sp³-hybridized carbons (Fsp3) is 0.333. The molecule has 0 fully saturated rings. The average molecular weight is 128 g/mol. The topological polar surface area (TPSA) is 38.3 Å². The first-order valence-corrected chi connectivity index (χ1v) is 2.69. The van der Waals surface area contributed by atoms with Crippen molar-refractivity contribution in [2.45, 2.75) is 6.92 Å². The normalized spacial score (nSPS) is 8.56. The Morgan fingerprint density at radius 3 is 3.00 bits per heavy atom. The van der Waals surface area contributed by atoms with E-state index in [9.17, 15) is 4.79 Å². The highest BCUT2D eigenvalue weighted by Gasteiger charge is 1.91. The van der Waals surface area contributed by atoms with Crippen molar-refractivity contribution in [3.8, 4) is 0 Å². The Labute approximate surface area is 54.7 Å². The Hall–Kier alpha value is -0.830. The molecule has 0 aromatic heterocycles. The van der Waals surface area contributed by atoms with Gasteiger partial charge in [0.25, 0.3) is 0 Å². The van der Waals surface area contributed by atoms with E-state index >= 15 is 0 Å². The van der Waals surface area contributed by atoms with Gasteiger partial charge in [-0.15, -0.1) is 0 Å². The number of hydrogen-bond acceptors (Lipinski definition) is 3. The van der Waals surface area contributed by atoms with Crippen LogP contribution in [0.2, 0.25) is 0 Å². The summed E-state index contributed by atoms with van der Waals surface area (Å²) in [6.45, 7) is 7.10. The maximum Gasteiger partial charge on any atom is 0.331 e. The van der Waals surface area contributed by atoms with Crippen LogP contribution in [0.15, 0.2) is 12.7 Å². The maximum absolute atomic E-state index is 10.3. The summed E-state index contributed by atoms with van der Waals surface area (Å²) in [7, 11) is 0. The molecule has 0 heterocycles. The van der Waals surface area contributed by atoms with Gasteiger partial charge >= 0.3 is 5.97 Å². The van der Waals surface area contributed by atoms with E-state index in [1.165, 1.54) is 6.73 Å².